The lowest BCUT2D eigenvalue weighted by Crippen LogP contribution is -2.43. The molecule has 1 aliphatic rings. The van der Waals surface area contributed by atoms with Gasteiger partial charge in [-0.25, -0.2) is 4.98 Å². The van der Waals surface area contributed by atoms with E-state index in [1.807, 2.05) is 30.3 Å². The van der Waals surface area contributed by atoms with Crippen molar-refractivity contribution in [2.75, 3.05) is 19.8 Å². The molecule has 1 aromatic heterocycles. The number of amides is 1. The van der Waals surface area contributed by atoms with Crippen LogP contribution in [0.4, 0.5) is 0 Å². The predicted molar refractivity (Wildman–Crippen MR) is 80.3 cm³/mol. The first-order valence-electron chi connectivity index (χ1n) is 6.76. The fourth-order valence-corrected chi connectivity index (χ4v) is 2.97. The van der Waals surface area contributed by atoms with Gasteiger partial charge in [0.1, 0.15) is 16.3 Å². The number of hydrogen-bond donors (Lipinski definition) is 2. The molecule has 1 saturated heterocycles. The molecule has 0 bridgehead atoms. The van der Waals surface area contributed by atoms with E-state index in [-0.39, 0.29) is 19.1 Å². The van der Waals surface area contributed by atoms with E-state index < -0.39 is 5.60 Å². The molecule has 2 N–H and O–H groups in total. The molecule has 6 heteroatoms. The molecule has 0 spiro atoms. The third kappa shape index (κ3) is 3.29. The normalized spacial score (nSPS) is 21.4. The Hall–Kier alpha value is -1.76. The maximum absolute atomic E-state index is 12.1. The smallest absolute Gasteiger partial charge is 0.270 e. The number of aromatic nitrogens is 1. The maximum atomic E-state index is 12.1. The standard InChI is InChI=1S/C15H16N2O3S/c18-13(16-9-15(19)6-7-20-10-15)12-8-21-14(17-12)11-4-2-1-3-5-11/h1-5,8,19H,6-7,9-10H2,(H,16,18)/t15-/m1/s1. The second-order valence-corrected chi connectivity index (χ2v) is 5.97. The van der Waals surface area contributed by atoms with Crippen molar-refractivity contribution in [3.63, 3.8) is 0 Å². The van der Waals surface area contributed by atoms with Crippen molar-refractivity contribution in [2.45, 2.75) is 12.0 Å². The van der Waals surface area contributed by atoms with Crippen molar-refractivity contribution in [3.05, 3.63) is 41.4 Å². The van der Waals surface area contributed by atoms with Gasteiger partial charge in [-0.1, -0.05) is 30.3 Å². The van der Waals surface area contributed by atoms with Gasteiger partial charge in [0.15, 0.2) is 0 Å². The van der Waals surface area contributed by atoms with Crippen LogP contribution in [0.15, 0.2) is 35.7 Å². The van der Waals surface area contributed by atoms with Crippen molar-refractivity contribution < 1.29 is 14.6 Å². The monoisotopic (exact) mass is 304 g/mol. The van der Waals surface area contributed by atoms with Crippen molar-refractivity contribution in [3.8, 4) is 10.6 Å². The lowest BCUT2D eigenvalue weighted by Gasteiger charge is -2.20. The number of carbonyl (C=O) groups is 1. The molecular weight excluding hydrogens is 288 g/mol. The van der Waals surface area contributed by atoms with Gasteiger partial charge in [-0.3, -0.25) is 4.79 Å². The summed E-state index contributed by atoms with van der Waals surface area (Å²) in [6.45, 7) is 0.977. The van der Waals surface area contributed by atoms with Crippen LogP contribution < -0.4 is 5.32 Å². The molecule has 110 valence electrons. The Labute approximate surface area is 126 Å². The number of rotatable bonds is 4. The van der Waals surface area contributed by atoms with Crippen LogP contribution >= 0.6 is 11.3 Å². The van der Waals surface area contributed by atoms with Crippen LogP contribution in [-0.2, 0) is 4.74 Å². The van der Waals surface area contributed by atoms with Crippen LogP contribution in [0.2, 0.25) is 0 Å². The summed E-state index contributed by atoms with van der Waals surface area (Å²) in [4.78, 5) is 16.4. The molecule has 0 saturated carbocycles. The van der Waals surface area contributed by atoms with E-state index in [4.69, 9.17) is 4.74 Å². The first kappa shape index (κ1) is 14.2. The molecule has 1 fully saturated rings. The average Bonchev–Trinajstić information content (AvgIpc) is 3.16. The number of thiazole rings is 1. The fourth-order valence-electron chi connectivity index (χ4n) is 2.16. The Morgan fingerprint density at radius 2 is 2.24 bits per heavy atom. The van der Waals surface area contributed by atoms with Crippen molar-refractivity contribution in [2.24, 2.45) is 0 Å². The fraction of sp³-hybridized carbons (Fsp3) is 0.333. The zero-order chi connectivity index (χ0) is 14.7. The number of nitrogens with one attached hydrogen (secondary N) is 1. The van der Waals surface area contributed by atoms with E-state index in [0.29, 0.717) is 18.7 Å². The highest BCUT2D eigenvalue weighted by Gasteiger charge is 2.32. The van der Waals surface area contributed by atoms with Gasteiger partial charge < -0.3 is 15.2 Å². The Kier molecular flexibility index (Phi) is 4.01. The highest BCUT2D eigenvalue weighted by Crippen LogP contribution is 2.23. The molecular formula is C15H16N2O3S. The summed E-state index contributed by atoms with van der Waals surface area (Å²) in [5.41, 5.74) is 0.416. The Morgan fingerprint density at radius 1 is 1.43 bits per heavy atom. The zero-order valence-electron chi connectivity index (χ0n) is 11.4. The molecule has 1 aromatic carbocycles. The third-order valence-electron chi connectivity index (χ3n) is 3.42. The molecule has 1 atom stereocenters. The van der Waals surface area contributed by atoms with Gasteiger partial charge in [0.25, 0.3) is 5.91 Å². The van der Waals surface area contributed by atoms with E-state index in [1.165, 1.54) is 11.3 Å². The number of hydrogen-bond acceptors (Lipinski definition) is 5. The number of aliphatic hydroxyl groups is 1. The quantitative estimate of drug-likeness (QED) is 0.902. The SMILES string of the molecule is O=C(NC[C@]1(O)CCOC1)c1csc(-c2ccccc2)n1. The minimum absolute atomic E-state index is 0.185. The average molecular weight is 304 g/mol. The second-order valence-electron chi connectivity index (χ2n) is 5.11. The van der Waals surface area contributed by atoms with Crippen LogP contribution in [0.1, 0.15) is 16.9 Å². The molecule has 1 amide bonds. The van der Waals surface area contributed by atoms with Crippen molar-refractivity contribution >= 4 is 17.2 Å². The van der Waals surface area contributed by atoms with Gasteiger partial charge in [0.2, 0.25) is 0 Å². The van der Waals surface area contributed by atoms with Crippen LogP contribution in [-0.4, -0.2) is 41.4 Å². The maximum Gasteiger partial charge on any atom is 0.270 e. The van der Waals surface area contributed by atoms with Crippen LogP contribution in [0.3, 0.4) is 0 Å². The molecule has 21 heavy (non-hydrogen) atoms. The van der Waals surface area contributed by atoms with Gasteiger partial charge in [0, 0.05) is 30.5 Å². The number of nitrogens with zero attached hydrogens (tertiary/aromatic N) is 1. The second kappa shape index (κ2) is 5.93. The van der Waals surface area contributed by atoms with E-state index in [2.05, 4.69) is 10.3 Å². The lowest BCUT2D eigenvalue weighted by atomic mass is 10.0. The summed E-state index contributed by atoms with van der Waals surface area (Å²) < 4.78 is 5.15. The topological polar surface area (TPSA) is 71.5 Å². The van der Waals surface area contributed by atoms with E-state index in [9.17, 15) is 9.90 Å². The number of benzene rings is 1. The number of ether oxygens (including phenoxy) is 1. The summed E-state index contributed by atoms with van der Waals surface area (Å²) in [7, 11) is 0. The highest BCUT2D eigenvalue weighted by molar-refractivity contribution is 7.13. The minimum Gasteiger partial charge on any atom is -0.386 e. The van der Waals surface area contributed by atoms with Gasteiger partial charge in [-0.15, -0.1) is 11.3 Å². The largest absolute Gasteiger partial charge is 0.386 e. The molecule has 1 aliphatic heterocycles. The zero-order valence-corrected chi connectivity index (χ0v) is 12.2. The predicted octanol–water partition coefficient (Wildman–Crippen LogP) is 1.69. The number of carbonyl (C=O) groups excluding carboxylic acids is 1. The van der Waals surface area contributed by atoms with Crippen LogP contribution in [0.25, 0.3) is 10.6 Å². The first-order chi connectivity index (χ1) is 10.2. The van der Waals surface area contributed by atoms with E-state index >= 15 is 0 Å². The molecule has 0 aliphatic carbocycles. The van der Waals surface area contributed by atoms with Crippen molar-refractivity contribution in [1.82, 2.24) is 10.3 Å². The van der Waals surface area contributed by atoms with Gasteiger partial charge in [-0.2, -0.15) is 0 Å². The summed E-state index contributed by atoms with van der Waals surface area (Å²) in [6.07, 6.45) is 0.541. The summed E-state index contributed by atoms with van der Waals surface area (Å²) in [5.74, 6) is -0.270. The molecule has 3 rings (SSSR count). The summed E-state index contributed by atoms with van der Waals surface area (Å²) >= 11 is 1.43. The van der Waals surface area contributed by atoms with Gasteiger partial charge >= 0.3 is 0 Å². The summed E-state index contributed by atoms with van der Waals surface area (Å²) in [5, 5.41) is 15.4. The lowest BCUT2D eigenvalue weighted by molar-refractivity contribution is 0.0264. The first-order valence-corrected chi connectivity index (χ1v) is 7.64. The third-order valence-corrected chi connectivity index (χ3v) is 4.31. The molecule has 2 aromatic rings. The van der Waals surface area contributed by atoms with Crippen molar-refractivity contribution in [1.29, 1.82) is 0 Å². The van der Waals surface area contributed by atoms with Gasteiger partial charge in [-0.05, 0) is 0 Å². The van der Waals surface area contributed by atoms with E-state index in [0.717, 1.165) is 10.6 Å². The Morgan fingerprint density at radius 3 is 2.95 bits per heavy atom. The van der Waals surface area contributed by atoms with Crippen LogP contribution in [0, 0.1) is 0 Å². The van der Waals surface area contributed by atoms with E-state index in [1.54, 1.807) is 5.38 Å². The highest BCUT2D eigenvalue weighted by atomic mass is 32.1. The summed E-state index contributed by atoms with van der Waals surface area (Å²) in [6, 6.07) is 9.73. The minimum atomic E-state index is -0.950. The molecule has 2 heterocycles. The molecule has 0 radical (unpaired) electrons. The molecule has 0 unspecified atom stereocenters. The Balaban J connectivity index is 1.64. The van der Waals surface area contributed by atoms with Crippen LogP contribution in [0.5, 0.6) is 0 Å². The molecule has 5 nitrogen and oxygen atoms in total. The van der Waals surface area contributed by atoms with Gasteiger partial charge in [0.05, 0.1) is 6.61 Å². The Bertz CT molecular complexity index is 621.